The molecular weight excluding hydrogens is 228 g/mol. The summed E-state index contributed by atoms with van der Waals surface area (Å²) < 4.78 is 10.6. The molecule has 0 aliphatic rings. The standard InChI is InChI=1S/C11H11ClN2O2/c1-15-9-4-2-3-8(7-9)11-14-13-10(16-11)5-6-12/h2-4,7H,5-6H2,1H3. The molecule has 1 heterocycles. The first-order chi connectivity index (χ1) is 7.83. The summed E-state index contributed by atoms with van der Waals surface area (Å²) in [4.78, 5) is 0. The molecule has 0 radical (unpaired) electrons. The molecule has 16 heavy (non-hydrogen) atoms. The molecule has 1 aromatic heterocycles. The van der Waals surface area contributed by atoms with Gasteiger partial charge in [0.25, 0.3) is 0 Å². The summed E-state index contributed by atoms with van der Waals surface area (Å²) >= 11 is 5.59. The van der Waals surface area contributed by atoms with Gasteiger partial charge in [0.15, 0.2) is 0 Å². The van der Waals surface area contributed by atoms with Crippen molar-refractivity contribution >= 4 is 11.6 Å². The number of aromatic nitrogens is 2. The van der Waals surface area contributed by atoms with E-state index in [9.17, 15) is 0 Å². The summed E-state index contributed by atoms with van der Waals surface area (Å²) in [5.74, 6) is 2.26. The molecule has 0 bridgehead atoms. The van der Waals surface area contributed by atoms with E-state index in [0.29, 0.717) is 24.1 Å². The van der Waals surface area contributed by atoms with Crippen LogP contribution in [0.25, 0.3) is 11.5 Å². The van der Waals surface area contributed by atoms with Gasteiger partial charge in [0.1, 0.15) is 5.75 Å². The van der Waals surface area contributed by atoms with Gasteiger partial charge in [-0.1, -0.05) is 6.07 Å². The lowest BCUT2D eigenvalue weighted by Gasteiger charge is -1.99. The highest BCUT2D eigenvalue weighted by atomic mass is 35.5. The largest absolute Gasteiger partial charge is 0.497 e. The van der Waals surface area contributed by atoms with Crippen molar-refractivity contribution in [3.05, 3.63) is 30.2 Å². The van der Waals surface area contributed by atoms with Crippen LogP contribution in [0, 0.1) is 0 Å². The van der Waals surface area contributed by atoms with Gasteiger partial charge in [-0.05, 0) is 18.2 Å². The van der Waals surface area contributed by atoms with Gasteiger partial charge in [-0.25, -0.2) is 0 Å². The summed E-state index contributed by atoms with van der Waals surface area (Å²) in [6.07, 6.45) is 0.582. The maximum absolute atomic E-state index is 5.59. The highest BCUT2D eigenvalue weighted by molar-refractivity contribution is 6.17. The molecule has 0 aliphatic carbocycles. The molecule has 0 saturated carbocycles. The molecule has 2 aromatic rings. The van der Waals surface area contributed by atoms with Crippen molar-refractivity contribution in [2.24, 2.45) is 0 Å². The lowest BCUT2D eigenvalue weighted by molar-refractivity contribution is 0.414. The Kier molecular flexibility index (Phi) is 3.41. The van der Waals surface area contributed by atoms with Crippen LogP contribution in [0.15, 0.2) is 28.7 Å². The van der Waals surface area contributed by atoms with E-state index in [4.69, 9.17) is 20.8 Å². The predicted molar refractivity (Wildman–Crippen MR) is 60.7 cm³/mol. The molecule has 0 fully saturated rings. The van der Waals surface area contributed by atoms with Gasteiger partial charge in [0.05, 0.1) is 7.11 Å². The Morgan fingerprint density at radius 1 is 1.38 bits per heavy atom. The number of hydrogen-bond acceptors (Lipinski definition) is 4. The Hall–Kier alpha value is -1.55. The van der Waals surface area contributed by atoms with Crippen LogP contribution in [0.3, 0.4) is 0 Å². The smallest absolute Gasteiger partial charge is 0.247 e. The number of ether oxygens (including phenoxy) is 1. The van der Waals surface area contributed by atoms with Crippen LogP contribution in [0.5, 0.6) is 5.75 Å². The second-order valence-corrected chi connectivity index (χ2v) is 3.55. The summed E-state index contributed by atoms with van der Waals surface area (Å²) in [6.45, 7) is 0. The Bertz CT molecular complexity index is 471. The normalized spacial score (nSPS) is 10.4. The predicted octanol–water partition coefficient (Wildman–Crippen LogP) is 2.53. The minimum atomic E-state index is 0.472. The van der Waals surface area contributed by atoms with E-state index in [2.05, 4.69) is 10.2 Å². The number of nitrogens with zero attached hydrogens (tertiary/aromatic N) is 2. The van der Waals surface area contributed by atoms with Gasteiger partial charge >= 0.3 is 0 Å². The summed E-state index contributed by atoms with van der Waals surface area (Å²) in [5.41, 5.74) is 0.840. The van der Waals surface area contributed by atoms with E-state index >= 15 is 0 Å². The Labute approximate surface area is 98.2 Å². The Morgan fingerprint density at radius 3 is 3.00 bits per heavy atom. The number of alkyl halides is 1. The number of rotatable bonds is 4. The van der Waals surface area contributed by atoms with Crippen molar-refractivity contribution in [1.82, 2.24) is 10.2 Å². The van der Waals surface area contributed by atoms with E-state index in [0.717, 1.165) is 11.3 Å². The van der Waals surface area contributed by atoms with Gasteiger partial charge in [-0.15, -0.1) is 21.8 Å². The zero-order valence-electron chi connectivity index (χ0n) is 8.81. The Morgan fingerprint density at radius 2 is 2.25 bits per heavy atom. The average molecular weight is 239 g/mol. The number of methoxy groups -OCH3 is 1. The van der Waals surface area contributed by atoms with E-state index in [1.807, 2.05) is 24.3 Å². The van der Waals surface area contributed by atoms with Crippen LogP contribution in [-0.4, -0.2) is 23.2 Å². The molecule has 84 valence electrons. The van der Waals surface area contributed by atoms with Crippen LogP contribution in [0.1, 0.15) is 5.89 Å². The third-order valence-electron chi connectivity index (χ3n) is 2.09. The quantitative estimate of drug-likeness (QED) is 0.768. The number of benzene rings is 1. The zero-order valence-corrected chi connectivity index (χ0v) is 9.57. The van der Waals surface area contributed by atoms with Crippen LogP contribution in [-0.2, 0) is 6.42 Å². The van der Waals surface area contributed by atoms with Crippen LogP contribution in [0.4, 0.5) is 0 Å². The molecule has 0 atom stereocenters. The summed E-state index contributed by atoms with van der Waals surface area (Å²) in [7, 11) is 1.62. The van der Waals surface area contributed by atoms with E-state index in [1.54, 1.807) is 7.11 Å². The molecule has 1 aromatic carbocycles. The number of aryl methyl sites for hydroxylation is 1. The fourth-order valence-electron chi connectivity index (χ4n) is 1.31. The first-order valence-corrected chi connectivity index (χ1v) is 5.39. The number of halogens is 1. The van der Waals surface area contributed by atoms with Crippen LogP contribution >= 0.6 is 11.6 Å². The third kappa shape index (κ3) is 2.33. The molecule has 2 rings (SSSR count). The topological polar surface area (TPSA) is 48.2 Å². The van der Waals surface area contributed by atoms with Crippen LogP contribution < -0.4 is 4.74 Å². The van der Waals surface area contributed by atoms with Crippen molar-refractivity contribution in [2.75, 3.05) is 13.0 Å². The molecule has 4 nitrogen and oxygen atoms in total. The molecule has 5 heteroatoms. The molecule has 0 amide bonds. The van der Waals surface area contributed by atoms with E-state index in [-0.39, 0.29) is 0 Å². The fourth-order valence-corrected chi connectivity index (χ4v) is 1.47. The van der Waals surface area contributed by atoms with Gasteiger partial charge < -0.3 is 9.15 Å². The molecule has 0 spiro atoms. The molecule has 0 N–H and O–H groups in total. The zero-order chi connectivity index (χ0) is 11.4. The molecule has 0 unspecified atom stereocenters. The van der Waals surface area contributed by atoms with Gasteiger partial charge in [-0.3, -0.25) is 0 Å². The molecule has 0 saturated heterocycles. The molecule has 0 aliphatic heterocycles. The van der Waals surface area contributed by atoms with Crippen molar-refractivity contribution < 1.29 is 9.15 Å². The third-order valence-corrected chi connectivity index (χ3v) is 2.28. The van der Waals surface area contributed by atoms with Gasteiger partial charge in [-0.2, -0.15) is 0 Å². The second-order valence-electron chi connectivity index (χ2n) is 3.17. The SMILES string of the molecule is COc1cccc(-c2nnc(CCCl)o2)c1. The average Bonchev–Trinajstić information content (AvgIpc) is 2.78. The monoisotopic (exact) mass is 238 g/mol. The van der Waals surface area contributed by atoms with Gasteiger partial charge in [0.2, 0.25) is 11.8 Å². The second kappa shape index (κ2) is 4.99. The maximum Gasteiger partial charge on any atom is 0.247 e. The minimum Gasteiger partial charge on any atom is -0.497 e. The maximum atomic E-state index is 5.59. The Balaban J connectivity index is 2.27. The van der Waals surface area contributed by atoms with Crippen molar-refractivity contribution in [1.29, 1.82) is 0 Å². The first kappa shape index (κ1) is 11.0. The van der Waals surface area contributed by atoms with Crippen LogP contribution in [0.2, 0.25) is 0 Å². The van der Waals surface area contributed by atoms with Crippen molar-refractivity contribution in [2.45, 2.75) is 6.42 Å². The molecular formula is C11H11ClN2O2. The first-order valence-electron chi connectivity index (χ1n) is 4.86. The van der Waals surface area contributed by atoms with Crippen molar-refractivity contribution in [3.63, 3.8) is 0 Å². The highest BCUT2D eigenvalue weighted by Crippen LogP contribution is 2.22. The lowest BCUT2D eigenvalue weighted by Crippen LogP contribution is -1.84. The minimum absolute atomic E-state index is 0.472. The van der Waals surface area contributed by atoms with E-state index < -0.39 is 0 Å². The summed E-state index contributed by atoms with van der Waals surface area (Å²) in [5, 5.41) is 7.85. The fraction of sp³-hybridized carbons (Fsp3) is 0.273. The lowest BCUT2D eigenvalue weighted by atomic mass is 10.2. The summed E-state index contributed by atoms with van der Waals surface area (Å²) in [6, 6.07) is 7.47. The highest BCUT2D eigenvalue weighted by Gasteiger charge is 2.08. The van der Waals surface area contributed by atoms with Gasteiger partial charge in [0, 0.05) is 17.9 Å². The van der Waals surface area contributed by atoms with E-state index in [1.165, 1.54) is 0 Å². The van der Waals surface area contributed by atoms with Crippen molar-refractivity contribution in [3.8, 4) is 17.2 Å². The number of hydrogen-bond donors (Lipinski definition) is 0.